The first-order valence-corrected chi connectivity index (χ1v) is 8.08. The van der Waals surface area contributed by atoms with Crippen LogP contribution in [0.1, 0.15) is 37.6 Å². The molecule has 0 bridgehead atoms. The number of methoxy groups -OCH3 is 1. The van der Waals surface area contributed by atoms with Gasteiger partial charge in [0.15, 0.2) is 0 Å². The highest BCUT2D eigenvalue weighted by Gasteiger charge is 2.27. The molecule has 0 unspecified atom stereocenters. The molecule has 6 nitrogen and oxygen atoms in total. The molecule has 0 aliphatic rings. The molecule has 0 aliphatic carbocycles. The first-order chi connectivity index (χ1) is 9.54. The Bertz CT molecular complexity index is 638. The molecule has 21 heavy (non-hydrogen) atoms. The zero-order chi connectivity index (χ0) is 16.4. The summed E-state index contributed by atoms with van der Waals surface area (Å²) in [7, 11) is -0.932. The fraction of sp³-hybridized carbons (Fsp3) is 0.500. The van der Waals surface area contributed by atoms with Crippen LogP contribution in [0.2, 0.25) is 0 Å². The maximum atomic E-state index is 12.5. The van der Waals surface area contributed by atoms with Crippen LogP contribution in [-0.2, 0) is 10.0 Å². The fourth-order valence-electron chi connectivity index (χ4n) is 1.74. The molecule has 2 N–H and O–H groups in total. The van der Waals surface area contributed by atoms with Crippen LogP contribution in [0.3, 0.4) is 0 Å². The van der Waals surface area contributed by atoms with Gasteiger partial charge in [-0.3, -0.25) is 4.79 Å². The van der Waals surface area contributed by atoms with Crippen molar-refractivity contribution in [3.63, 3.8) is 0 Å². The highest BCUT2D eigenvalue weighted by atomic mass is 32.2. The molecule has 1 aromatic carbocycles. The third kappa shape index (κ3) is 3.74. The zero-order valence-corrected chi connectivity index (χ0v) is 13.8. The zero-order valence-electron chi connectivity index (χ0n) is 13.0. The number of hydrogen-bond acceptors (Lipinski definition) is 4. The van der Waals surface area contributed by atoms with Crippen LogP contribution in [0.4, 0.5) is 0 Å². The number of rotatable bonds is 5. The molecule has 1 aromatic rings. The van der Waals surface area contributed by atoms with Gasteiger partial charge in [0.25, 0.3) is 5.91 Å². The Morgan fingerprint density at radius 2 is 1.95 bits per heavy atom. The lowest BCUT2D eigenvalue weighted by atomic mass is 9.99. The topological polar surface area (TPSA) is 89.7 Å². The van der Waals surface area contributed by atoms with Crippen LogP contribution < -0.4 is 9.88 Å². The van der Waals surface area contributed by atoms with Gasteiger partial charge in [-0.15, -0.1) is 0 Å². The standard InChI is InChI=1S/C14H22N2O4S/c1-6-14(2,3)16(4)13(17)10-7-8-11(20-5)12(9-10)21(15,18)19/h7-9H,6H2,1-5H3,(H2,15,18,19). The summed E-state index contributed by atoms with van der Waals surface area (Å²) < 4.78 is 28.1. The van der Waals surface area contributed by atoms with Gasteiger partial charge in [-0.1, -0.05) is 6.92 Å². The Labute approximate surface area is 125 Å². The van der Waals surface area contributed by atoms with Crippen molar-refractivity contribution in [2.75, 3.05) is 14.2 Å². The normalized spacial score (nSPS) is 12.1. The molecule has 0 aliphatic heterocycles. The summed E-state index contributed by atoms with van der Waals surface area (Å²) in [5, 5.41) is 5.16. The molecule has 7 heteroatoms. The molecule has 1 rings (SSSR count). The lowest BCUT2D eigenvalue weighted by Crippen LogP contribution is -2.44. The van der Waals surface area contributed by atoms with Crippen LogP contribution in [0.25, 0.3) is 0 Å². The van der Waals surface area contributed by atoms with Crippen molar-refractivity contribution in [3.8, 4) is 5.75 Å². The summed E-state index contributed by atoms with van der Waals surface area (Å²) in [5.74, 6) is -0.152. The Morgan fingerprint density at radius 3 is 2.38 bits per heavy atom. The minimum Gasteiger partial charge on any atom is -0.495 e. The maximum Gasteiger partial charge on any atom is 0.254 e. The molecular weight excluding hydrogens is 292 g/mol. The van der Waals surface area contributed by atoms with Gasteiger partial charge in [0.2, 0.25) is 10.0 Å². The quantitative estimate of drug-likeness (QED) is 0.894. The number of hydrogen-bond donors (Lipinski definition) is 1. The second kappa shape index (κ2) is 6.03. The minimum atomic E-state index is -3.96. The molecule has 0 radical (unpaired) electrons. The van der Waals surface area contributed by atoms with Gasteiger partial charge in [0.1, 0.15) is 10.6 Å². The van der Waals surface area contributed by atoms with Crippen molar-refractivity contribution >= 4 is 15.9 Å². The molecular formula is C14H22N2O4S. The van der Waals surface area contributed by atoms with E-state index in [1.807, 2.05) is 20.8 Å². The summed E-state index contributed by atoms with van der Waals surface area (Å²) in [5.41, 5.74) is -0.0810. The molecule has 1 amide bonds. The summed E-state index contributed by atoms with van der Waals surface area (Å²) in [6.45, 7) is 5.86. The first kappa shape index (κ1) is 17.5. The molecule has 0 fully saturated rings. The smallest absolute Gasteiger partial charge is 0.254 e. The SMILES string of the molecule is CCC(C)(C)N(C)C(=O)c1ccc(OC)c(S(N)(=O)=O)c1. The lowest BCUT2D eigenvalue weighted by Gasteiger charge is -2.35. The first-order valence-electron chi connectivity index (χ1n) is 6.53. The number of sulfonamides is 1. The summed E-state index contributed by atoms with van der Waals surface area (Å²) >= 11 is 0. The van der Waals surface area contributed by atoms with Crippen LogP contribution in [0, 0.1) is 0 Å². The van der Waals surface area contributed by atoms with Gasteiger partial charge in [-0.05, 0) is 38.5 Å². The van der Waals surface area contributed by atoms with E-state index in [0.29, 0.717) is 0 Å². The monoisotopic (exact) mass is 314 g/mol. The third-order valence-corrected chi connectivity index (χ3v) is 4.73. The predicted molar refractivity (Wildman–Crippen MR) is 80.8 cm³/mol. The Hall–Kier alpha value is -1.60. The van der Waals surface area contributed by atoms with E-state index in [4.69, 9.17) is 9.88 Å². The molecule has 118 valence electrons. The number of benzene rings is 1. The summed E-state index contributed by atoms with van der Waals surface area (Å²) in [4.78, 5) is 13.9. The van der Waals surface area contributed by atoms with Crippen molar-refractivity contribution in [1.29, 1.82) is 0 Å². The Kier molecular flexibility index (Phi) is 5.01. The van der Waals surface area contributed by atoms with Gasteiger partial charge < -0.3 is 9.64 Å². The Morgan fingerprint density at radius 1 is 1.38 bits per heavy atom. The van der Waals surface area contributed by atoms with E-state index in [-0.39, 0.29) is 27.7 Å². The van der Waals surface area contributed by atoms with Crippen molar-refractivity contribution in [1.82, 2.24) is 4.90 Å². The minimum absolute atomic E-state index is 0.117. The van der Waals surface area contributed by atoms with Gasteiger partial charge in [-0.25, -0.2) is 13.6 Å². The number of ether oxygens (including phenoxy) is 1. The molecule has 0 spiro atoms. The van der Waals surface area contributed by atoms with E-state index in [1.54, 1.807) is 11.9 Å². The predicted octanol–water partition coefficient (Wildman–Crippen LogP) is 1.60. The average Bonchev–Trinajstić information content (AvgIpc) is 2.43. The van der Waals surface area contributed by atoms with Gasteiger partial charge in [0, 0.05) is 18.2 Å². The second-order valence-electron chi connectivity index (χ2n) is 5.44. The van der Waals surface area contributed by atoms with E-state index in [0.717, 1.165) is 6.42 Å². The third-order valence-electron chi connectivity index (χ3n) is 3.79. The Balaban J connectivity index is 3.31. The molecule has 0 aromatic heterocycles. The number of nitrogens with zero attached hydrogens (tertiary/aromatic N) is 1. The van der Waals surface area contributed by atoms with E-state index < -0.39 is 10.0 Å². The van der Waals surface area contributed by atoms with Crippen LogP contribution in [0.5, 0.6) is 5.75 Å². The number of nitrogens with two attached hydrogens (primary N) is 1. The van der Waals surface area contributed by atoms with Gasteiger partial charge in [-0.2, -0.15) is 0 Å². The number of carbonyl (C=O) groups excluding carboxylic acids is 1. The van der Waals surface area contributed by atoms with Gasteiger partial charge in [0.05, 0.1) is 7.11 Å². The van der Waals surface area contributed by atoms with Crippen molar-refractivity contribution in [2.45, 2.75) is 37.6 Å². The fourth-order valence-corrected chi connectivity index (χ4v) is 2.46. The molecule has 0 atom stereocenters. The highest BCUT2D eigenvalue weighted by molar-refractivity contribution is 7.89. The number of carbonyl (C=O) groups is 1. The molecule has 0 heterocycles. The van der Waals surface area contributed by atoms with Crippen LogP contribution >= 0.6 is 0 Å². The lowest BCUT2D eigenvalue weighted by molar-refractivity contribution is 0.0620. The van der Waals surface area contributed by atoms with E-state index in [9.17, 15) is 13.2 Å². The van der Waals surface area contributed by atoms with Crippen molar-refractivity contribution in [3.05, 3.63) is 23.8 Å². The van der Waals surface area contributed by atoms with E-state index >= 15 is 0 Å². The summed E-state index contributed by atoms with van der Waals surface area (Å²) in [6, 6.07) is 4.20. The molecule has 0 saturated carbocycles. The van der Waals surface area contributed by atoms with Gasteiger partial charge >= 0.3 is 0 Å². The van der Waals surface area contributed by atoms with Crippen molar-refractivity contribution < 1.29 is 17.9 Å². The average molecular weight is 314 g/mol. The second-order valence-corrected chi connectivity index (χ2v) is 6.97. The van der Waals surface area contributed by atoms with Crippen LogP contribution in [-0.4, -0.2) is 38.9 Å². The number of primary sulfonamides is 1. The molecule has 0 saturated heterocycles. The van der Waals surface area contributed by atoms with E-state index in [2.05, 4.69) is 0 Å². The van der Waals surface area contributed by atoms with E-state index in [1.165, 1.54) is 25.3 Å². The highest BCUT2D eigenvalue weighted by Crippen LogP contribution is 2.26. The largest absolute Gasteiger partial charge is 0.495 e. The maximum absolute atomic E-state index is 12.5. The number of amides is 1. The van der Waals surface area contributed by atoms with Crippen LogP contribution in [0.15, 0.2) is 23.1 Å². The van der Waals surface area contributed by atoms with Crippen molar-refractivity contribution in [2.24, 2.45) is 5.14 Å². The summed E-state index contributed by atoms with van der Waals surface area (Å²) in [6.07, 6.45) is 0.771.